The number of rotatable bonds is 6. The molecule has 9 aromatic carbocycles. The topological polar surface area (TPSA) is 56.5 Å². The zero-order valence-electron chi connectivity index (χ0n) is 35.1. The first-order valence-electron chi connectivity index (χ1n) is 22.0. The van der Waals surface area contributed by atoms with Gasteiger partial charge in [0.1, 0.15) is 0 Å². The van der Waals surface area contributed by atoms with Crippen LogP contribution in [-0.2, 0) is 0 Å². The lowest BCUT2D eigenvalue weighted by Crippen LogP contribution is -2.00. The Labute approximate surface area is 375 Å². The van der Waals surface area contributed by atoms with E-state index in [1.807, 2.05) is 30.3 Å². The Morgan fingerprint density at radius 3 is 1.48 bits per heavy atom. The molecule has 1 aliphatic rings. The number of benzene rings is 9. The maximum atomic E-state index is 5.42. The maximum absolute atomic E-state index is 5.42. The van der Waals surface area contributed by atoms with E-state index in [1.165, 1.54) is 21.9 Å². The van der Waals surface area contributed by atoms with Crippen LogP contribution >= 0.6 is 0 Å². The summed E-state index contributed by atoms with van der Waals surface area (Å²) in [6.07, 6.45) is 0. The molecule has 5 heteroatoms. The summed E-state index contributed by atoms with van der Waals surface area (Å²) < 4.78 is 2.43. The first kappa shape index (κ1) is 36.8. The summed E-state index contributed by atoms with van der Waals surface area (Å²) >= 11 is 0. The average molecular weight is 828 g/mol. The molecule has 302 valence electrons. The first-order chi connectivity index (χ1) is 32.2. The van der Waals surface area contributed by atoms with Crippen molar-refractivity contribution >= 4 is 32.7 Å². The molecule has 1 aliphatic heterocycles. The second-order valence-corrected chi connectivity index (χ2v) is 16.6. The van der Waals surface area contributed by atoms with Crippen LogP contribution in [0.1, 0.15) is 0 Å². The molecule has 0 fully saturated rings. The minimum atomic E-state index is 0.614. The number of fused-ring (bicyclic) bond motifs is 10. The molecule has 0 bridgehead atoms. The van der Waals surface area contributed by atoms with Gasteiger partial charge in [0.05, 0.1) is 27.9 Å². The molecule has 0 saturated heterocycles. The van der Waals surface area contributed by atoms with Crippen LogP contribution in [0.5, 0.6) is 0 Å². The fraction of sp³-hybridized carbons (Fsp3) is 0. The third kappa shape index (κ3) is 6.16. The number of hydrogen-bond acceptors (Lipinski definition) is 4. The van der Waals surface area contributed by atoms with Crippen LogP contribution < -0.4 is 0 Å². The number of aromatic nitrogens is 5. The third-order valence-electron chi connectivity index (χ3n) is 12.8. The quantitative estimate of drug-likeness (QED) is 0.168. The molecule has 13 rings (SSSR count). The van der Waals surface area contributed by atoms with E-state index >= 15 is 0 Å². The standard InChI is InChI=1S/C60H37N5/c1-4-16-38(17-5-1)44-34-45(39-18-6-2-7-19-39)36-46(35-44)60-63-58(41-20-8-3-9-21-41)62-59(64-60)42-30-28-40(29-31-42)43-32-33-48-51(37-43)47-22-11-14-26-53(47)65-54-27-15-12-24-50(54)55-49-23-10-13-25-52(49)61-56(48)57(55)65/h1-37H. The van der Waals surface area contributed by atoms with Crippen molar-refractivity contribution in [3.05, 3.63) is 224 Å². The highest BCUT2D eigenvalue weighted by Gasteiger charge is 2.27. The second kappa shape index (κ2) is 14.9. The lowest BCUT2D eigenvalue weighted by Gasteiger charge is -2.14. The Hall–Kier alpha value is -8.80. The van der Waals surface area contributed by atoms with Gasteiger partial charge in [-0.1, -0.05) is 182 Å². The van der Waals surface area contributed by atoms with Crippen LogP contribution in [0.3, 0.4) is 0 Å². The molecular weight excluding hydrogens is 791 g/mol. The van der Waals surface area contributed by atoms with E-state index in [1.54, 1.807) is 0 Å². The van der Waals surface area contributed by atoms with Gasteiger partial charge in [-0.3, -0.25) is 0 Å². The summed E-state index contributed by atoms with van der Waals surface area (Å²) in [7, 11) is 0. The van der Waals surface area contributed by atoms with Gasteiger partial charge in [-0.15, -0.1) is 0 Å². The van der Waals surface area contributed by atoms with Gasteiger partial charge in [0.15, 0.2) is 17.5 Å². The molecule has 65 heavy (non-hydrogen) atoms. The predicted octanol–water partition coefficient (Wildman–Crippen LogP) is 15.2. The fourth-order valence-electron chi connectivity index (χ4n) is 9.69. The van der Waals surface area contributed by atoms with Gasteiger partial charge in [0.2, 0.25) is 0 Å². The highest BCUT2D eigenvalue weighted by Crippen LogP contribution is 2.48. The monoisotopic (exact) mass is 827 g/mol. The van der Waals surface area contributed by atoms with Crippen molar-refractivity contribution in [1.82, 2.24) is 24.5 Å². The van der Waals surface area contributed by atoms with E-state index in [0.717, 1.165) is 89.0 Å². The summed E-state index contributed by atoms with van der Waals surface area (Å²) in [6.45, 7) is 0. The van der Waals surface area contributed by atoms with Crippen molar-refractivity contribution in [2.45, 2.75) is 0 Å². The summed E-state index contributed by atoms with van der Waals surface area (Å²) in [6, 6.07) is 79.2. The lowest BCUT2D eigenvalue weighted by molar-refractivity contribution is 1.07. The van der Waals surface area contributed by atoms with Crippen LogP contribution in [0.4, 0.5) is 0 Å². The zero-order chi connectivity index (χ0) is 42.8. The van der Waals surface area contributed by atoms with E-state index in [4.69, 9.17) is 19.9 Å². The van der Waals surface area contributed by atoms with Crippen LogP contribution in [0.15, 0.2) is 224 Å². The Bertz CT molecular complexity index is 3740. The van der Waals surface area contributed by atoms with Crippen molar-refractivity contribution in [2.75, 3.05) is 0 Å². The van der Waals surface area contributed by atoms with Crippen LogP contribution in [0.2, 0.25) is 0 Å². The summed E-state index contributed by atoms with van der Waals surface area (Å²) in [5.41, 5.74) is 18.3. The van der Waals surface area contributed by atoms with E-state index in [0.29, 0.717) is 17.5 Å². The number of pyridine rings is 1. The van der Waals surface area contributed by atoms with Gasteiger partial charge >= 0.3 is 0 Å². The molecule has 4 heterocycles. The Morgan fingerprint density at radius 2 is 0.785 bits per heavy atom. The summed E-state index contributed by atoms with van der Waals surface area (Å²) in [4.78, 5) is 20.9. The lowest BCUT2D eigenvalue weighted by atomic mass is 9.91. The molecule has 0 unspecified atom stereocenters. The van der Waals surface area contributed by atoms with Crippen molar-refractivity contribution in [3.63, 3.8) is 0 Å². The van der Waals surface area contributed by atoms with E-state index in [-0.39, 0.29) is 0 Å². The molecule has 3 aromatic heterocycles. The summed E-state index contributed by atoms with van der Waals surface area (Å²) in [5.74, 6) is 1.86. The van der Waals surface area contributed by atoms with Crippen molar-refractivity contribution in [1.29, 1.82) is 0 Å². The van der Waals surface area contributed by atoms with Crippen LogP contribution in [0.25, 0.3) is 128 Å². The number of para-hydroxylation sites is 3. The molecule has 5 nitrogen and oxygen atoms in total. The van der Waals surface area contributed by atoms with Crippen molar-refractivity contribution in [2.24, 2.45) is 0 Å². The molecule has 0 aliphatic carbocycles. The highest BCUT2D eigenvalue weighted by molar-refractivity contribution is 6.24. The van der Waals surface area contributed by atoms with Gasteiger partial charge < -0.3 is 4.57 Å². The van der Waals surface area contributed by atoms with Crippen molar-refractivity contribution < 1.29 is 0 Å². The smallest absolute Gasteiger partial charge is 0.164 e. The molecule has 0 N–H and O–H groups in total. The van der Waals surface area contributed by atoms with E-state index < -0.39 is 0 Å². The van der Waals surface area contributed by atoms with Crippen LogP contribution in [0, 0.1) is 0 Å². The number of hydrogen-bond donors (Lipinski definition) is 0. The average Bonchev–Trinajstić information content (AvgIpc) is 3.68. The first-order valence-corrected chi connectivity index (χ1v) is 22.0. The Balaban J connectivity index is 0.942. The Morgan fingerprint density at radius 1 is 0.292 bits per heavy atom. The Kier molecular flexibility index (Phi) is 8.46. The second-order valence-electron chi connectivity index (χ2n) is 16.6. The third-order valence-corrected chi connectivity index (χ3v) is 12.8. The largest absolute Gasteiger partial charge is 0.306 e. The maximum Gasteiger partial charge on any atom is 0.164 e. The minimum Gasteiger partial charge on any atom is -0.306 e. The van der Waals surface area contributed by atoms with E-state index in [2.05, 4.69) is 199 Å². The highest BCUT2D eigenvalue weighted by atomic mass is 15.0. The summed E-state index contributed by atoms with van der Waals surface area (Å²) in [5, 5.41) is 3.63. The molecule has 0 amide bonds. The van der Waals surface area contributed by atoms with Gasteiger partial charge in [0.25, 0.3) is 0 Å². The molecule has 0 atom stereocenters. The number of nitrogens with zero attached hydrogens (tertiary/aromatic N) is 5. The van der Waals surface area contributed by atoms with E-state index in [9.17, 15) is 0 Å². The van der Waals surface area contributed by atoms with Gasteiger partial charge in [0, 0.05) is 44.0 Å². The molecule has 0 spiro atoms. The van der Waals surface area contributed by atoms with Gasteiger partial charge in [-0.05, 0) is 81.4 Å². The molecule has 0 saturated carbocycles. The SMILES string of the molecule is c1ccc(-c2cc(-c3ccccc3)cc(-c3nc(-c4ccccc4)nc(-c4ccc(-c5ccc6c(c5)-c5ccccc5-n5c7ccccc7c7c8ccccc8nc-6c75)cc4)n3)c2)cc1. The molecule has 12 aromatic rings. The fourth-order valence-corrected chi connectivity index (χ4v) is 9.69. The van der Waals surface area contributed by atoms with Gasteiger partial charge in [-0.2, -0.15) is 0 Å². The zero-order valence-corrected chi connectivity index (χ0v) is 35.1. The van der Waals surface area contributed by atoms with Crippen molar-refractivity contribution in [3.8, 4) is 95.6 Å². The molecular formula is C60H37N5. The normalized spacial score (nSPS) is 11.7. The molecule has 0 radical (unpaired) electrons. The van der Waals surface area contributed by atoms with Gasteiger partial charge in [-0.25, -0.2) is 19.9 Å². The van der Waals surface area contributed by atoms with Crippen LogP contribution in [-0.4, -0.2) is 24.5 Å². The minimum absolute atomic E-state index is 0.614. The predicted molar refractivity (Wildman–Crippen MR) is 267 cm³/mol.